The van der Waals surface area contributed by atoms with E-state index in [4.69, 9.17) is 0 Å². The number of aromatic nitrogens is 2. The lowest BCUT2D eigenvalue weighted by atomic mass is 10.1. The molecule has 0 fully saturated rings. The van der Waals surface area contributed by atoms with Crippen molar-refractivity contribution in [1.29, 1.82) is 0 Å². The van der Waals surface area contributed by atoms with Crippen molar-refractivity contribution in [2.75, 3.05) is 23.7 Å². The van der Waals surface area contributed by atoms with Gasteiger partial charge in [0.15, 0.2) is 0 Å². The van der Waals surface area contributed by atoms with Crippen LogP contribution in [0.25, 0.3) is 21.7 Å². The van der Waals surface area contributed by atoms with Crippen LogP contribution in [0.15, 0.2) is 67.0 Å². The van der Waals surface area contributed by atoms with Gasteiger partial charge in [-0.25, -0.2) is 4.98 Å². The summed E-state index contributed by atoms with van der Waals surface area (Å²) >= 11 is 0. The Balaban J connectivity index is 1.44. The Hall–Kier alpha value is -3.74. The number of nitro benzene ring substituents is 1. The summed E-state index contributed by atoms with van der Waals surface area (Å²) in [5, 5.41) is 20.2. The van der Waals surface area contributed by atoms with Crippen molar-refractivity contribution in [1.82, 2.24) is 9.97 Å². The maximum atomic E-state index is 11.2. The van der Waals surface area contributed by atoms with Crippen LogP contribution in [0.1, 0.15) is 0 Å². The second-order valence-electron chi connectivity index (χ2n) is 6.05. The number of para-hydroxylation sites is 1. The van der Waals surface area contributed by atoms with Crippen LogP contribution in [-0.2, 0) is 0 Å². The van der Waals surface area contributed by atoms with E-state index < -0.39 is 0 Å². The summed E-state index contributed by atoms with van der Waals surface area (Å²) in [6.07, 6.45) is 3.16. The molecule has 4 rings (SSSR count). The van der Waals surface area contributed by atoms with Crippen LogP contribution in [0.2, 0.25) is 0 Å². The molecule has 0 saturated carbocycles. The molecule has 27 heavy (non-hydrogen) atoms. The molecule has 0 atom stereocenters. The summed E-state index contributed by atoms with van der Waals surface area (Å²) in [4.78, 5) is 19.4. The zero-order valence-corrected chi connectivity index (χ0v) is 14.4. The van der Waals surface area contributed by atoms with E-state index >= 15 is 0 Å². The van der Waals surface area contributed by atoms with E-state index in [0.717, 1.165) is 27.8 Å². The number of anilines is 2. The van der Waals surface area contributed by atoms with Crippen LogP contribution in [-0.4, -0.2) is 28.0 Å². The summed E-state index contributed by atoms with van der Waals surface area (Å²) in [6, 6.07) is 17.0. The summed E-state index contributed by atoms with van der Waals surface area (Å²) in [5.74, 6) is 0.813. The molecule has 0 bridgehead atoms. The van der Waals surface area contributed by atoms with Crippen LogP contribution < -0.4 is 10.6 Å². The molecular weight excluding hydrogens is 342 g/mol. The van der Waals surface area contributed by atoms with Crippen molar-refractivity contribution in [3.63, 3.8) is 0 Å². The van der Waals surface area contributed by atoms with Crippen molar-refractivity contribution >= 4 is 38.9 Å². The number of nitro groups is 1. The number of nitrogens with zero attached hydrogens (tertiary/aromatic N) is 3. The zero-order chi connectivity index (χ0) is 18.6. The van der Waals surface area contributed by atoms with Gasteiger partial charge < -0.3 is 10.6 Å². The fraction of sp³-hybridized carbons (Fsp3) is 0.100. The molecule has 4 aromatic rings. The van der Waals surface area contributed by atoms with E-state index in [-0.39, 0.29) is 10.6 Å². The normalized spacial score (nSPS) is 10.8. The molecule has 0 aliphatic carbocycles. The summed E-state index contributed by atoms with van der Waals surface area (Å²) in [7, 11) is 0. The minimum absolute atomic E-state index is 0.0575. The minimum atomic E-state index is -0.388. The predicted molar refractivity (Wildman–Crippen MR) is 107 cm³/mol. The molecule has 0 unspecified atom stereocenters. The number of rotatable bonds is 6. The quantitative estimate of drug-likeness (QED) is 0.304. The van der Waals surface area contributed by atoms with Gasteiger partial charge in [-0.2, -0.15) is 0 Å². The van der Waals surface area contributed by atoms with Crippen molar-refractivity contribution in [2.45, 2.75) is 0 Å². The lowest BCUT2D eigenvalue weighted by Gasteiger charge is -2.11. The zero-order valence-electron chi connectivity index (χ0n) is 14.4. The first-order valence-electron chi connectivity index (χ1n) is 8.57. The highest BCUT2D eigenvalue weighted by molar-refractivity contribution is 5.99. The van der Waals surface area contributed by atoms with Gasteiger partial charge >= 0.3 is 0 Å². The third-order valence-corrected chi connectivity index (χ3v) is 4.34. The SMILES string of the molecule is O=[N+]([O-])c1ccc(NCCNc2ccc3ccccc3n2)c2ccncc12. The van der Waals surface area contributed by atoms with E-state index in [1.54, 1.807) is 18.3 Å². The van der Waals surface area contributed by atoms with Gasteiger partial charge in [0, 0.05) is 48.0 Å². The van der Waals surface area contributed by atoms with E-state index in [1.807, 2.05) is 36.4 Å². The molecule has 0 aliphatic heterocycles. The Bertz CT molecular complexity index is 1130. The van der Waals surface area contributed by atoms with Gasteiger partial charge in [0.05, 0.1) is 15.8 Å². The maximum Gasteiger partial charge on any atom is 0.278 e. The van der Waals surface area contributed by atoms with Gasteiger partial charge in [-0.3, -0.25) is 15.1 Å². The standard InChI is InChI=1S/C20H17N5O2/c26-25(27)19-7-6-18(15-9-10-21-13-16(15)19)22-11-12-23-20-8-5-14-3-1-2-4-17(14)24-20/h1-10,13,22H,11-12H2,(H,23,24). The first-order valence-corrected chi connectivity index (χ1v) is 8.57. The van der Waals surface area contributed by atoms with Gasteiger partial charge in [0.1, 0.15) is 5.82 Å². The molecule has 0 amide bonds. The highest BCUT2D eigenvalue weighted by Gasteiger charge is 2.13. The van der Waals surface area contributed by atoms with E-state index in [1.165, 1.54) is 12.3 Å². The van der Waals surface area contributed by atoms with Crippen LogP contribution in [0, 0.1) is 10.1 Å². The van der Waals surface area contributed by atoms with Crippen molar-refractivity contribution in [3.05, 3.63) is 77.1 Å². The first kappa shape index (κ1) is 16.7. The number of nitrogens with one attached hydrogen (secondary N) is 2. The number of hydrogen-bond donors (Lipinski definition) is 2. The molecule has 0 radical (unpaired) electrons. The number of fused-ring (bicyclic) bond motifs is 2. The Morgan fingerprint density at radius 3 is 2.67 bits per heavy atom. The molecule has 7 nitrogen and oxygen atoms in total. The molecule has 2 aromatic heterocycles. The topological polar surface area (TPSA) is 93.0 Å². The first-order chi connectivity index (χ1) is 13.2. The lowest BCUT2D eigenvalue weighted by molar-refractivity contribution is -0.383. The highest BCUT2D eigenvalue weighted by atomic mass is 16.6. The van der Waals surface area contributed by atoms with Gasteiger partial charge in [0.25, 0.3) is 5.69 Å². The Morgan fingerprint density at radius 2 is 1.78 bits per heavy atom. The monoisotopic (exact) mass is 359 g/mol. The summed E-state index contributed by atoms with van der Waals surface area (Å²) in [5.41, 5.74) is 1.85. The van der Waals surface area contributed by atoms with Gasteiger partial charge in [0.2, 0.25) is 0 Å². The third kappa shape index (κ3) is 3.48. The second-order valence-corrected chi connectivity index (χ2v) is 6.05. The van der Waals surface area contributed by atoms with Gasteiger partial charge in [-0.15, -0.1) is 0 Å². The minimum Gasteiger partial charge on any atom is -0.383 e. The Kier molecular flexibility index (Phi) is 4.49. The molecule has 2 aromatic carbocycles. The molecule has 0 saturated heterocycles. The molecule has 2 N–H and O–H groups in total. The largest absolute Gasteiger partial charge is 0.383 e. The van der Waals surface area contributed by atoms with Crippen molar-refractivity contribution < 1.29 is 4.92 Å². The van der Waals surface area contributed by atoms with E-state index in [2.05, 4.69) is 20.6 Å². The van der Waals surface area contributed by atoms with E-state index in [9.17, 15) is 10.1 Å². The van der Waals surface area contributed by atoms with Crippen LogP contribution in [0.4, 0.5) is 17.2 Å². The average molecular weight is 359 g/mol. The predicted octanol–water partition coefficient (Wildman–Crippen LogP) is 4.22. The highest BCUT2D eigenvalue weighted by Crippen LogP contribution is 2.30. The Labute approximate surface area is 155 Å². The molecule has 7 heteroatoms. The number of benzene rings is 2. The molecular formula is C20H17N5O2. The Morgan fingerprint density at radius 1 is 0.926 bits per heavy atom. The fourth-order valence-electron chi connectivity index (χ4n) is 3.04. The molecule has 0 spiro atoms. The smallest absolute Gasteiger partial charge is 0.278 e. The number of hydrogen-bond acceptors (Lipinski definition) is 6. The van der Waals surface area contributed by atoms with Crippen LogP contribution in [0.3, 0.4) is 0 Å². The van der Waals surface area contributed by atoms with Crippen LogP contribution in [0.5, 0.6) is 0 Å². The second kappa shape index (κ2) is 7.25. The number of pyridine rings is 2. The fourth-order valence-corrected chi connectivity index (χ4v) is 3.04. The van der Waals surface area contributed by atoms with Crippen molar-refractivity contribution in [2.24, 2.45) is 0 Å². The van der Waals surface area contributed by atoms with E-state index in [0.29, 0.717) is 18.5 Å². The summed E-state index contributed by atoms with van der Waals surface area (Å²) < 4.78 is 0. The lowest BCUT2D eigenvalue weighted by Crippen LogP contribution is -2.14. The van der Waals surface area contributed by atoms with Crippen LogP contribution >= 0.6 is 0 Å². The van der Waals surface area contributed by atoms with Gasteiger partial charge in [-0.05, 0) is 30.3 Å². The average Bonchev–Trinajstić information content (AvgIpc) is 2.70. The molecule has 2 heterocycles. The van der Waals surface area contributed by atoms with Gasteiger partial charge in [-0.1, -0.05) is 18.2 Å². The molecule has 0 aliphatic rings. The van der Waals surface area contributed by atoms with Crippen molar-refractivity contribution in [3.8, 4) is 0 Å². The maximum absolute atomic E-state index is 11.2. The summed E-state index contributed by atoms with van der Waals surface area (Å²) in [6.45, 7) is 1.30. The third-order valence-electron chi connectivity index (χ3n) is 4.34. The molecule has 134 valence electrons. The number of non-ortho nitro benzene ring substituents is 1.